The number of carbonyl (C=O) groups excluding carboxylic acids is 1. The first-order chi connectivity index (χ1) is 14.5. The molecule has 1 amide bonds. The summed E-state index contributed by atoms with van der Waals surface area (Å²) in [4.78, 5) is 43.9. The molecular weight excluding hydrogens is 380 g/mol. The molecule has 0 spiro atoms. The van der Waals surface area contributed by atoms with Gasteiger partial charge in [-0.1, -0.05) is 13.8 Å². The minimum absolute atomic E-state index is 0.0189. The van der Waals surface area contributed by atoms with Crippen molar-refractivity contribution in [2.24, 2.45) is 5.92 Å². The molecule has 2 atom stereocenters. The third kappa shape index (κ3) is 3.12. The van der Waals surface area contributed by atoms with Crippen molar-refractivity contribution in [3.63, 3.8) is 0 Å². The van der Waals surface area contributed by atoms with Crippen molar-refractivity contribution in [1.29, 1.82) is 0 Å². The van der Waals surface area contributed by atoms with Crippen LogP contribution in [0.15, 0.2) is 41.7 Å². The highest BCUT2D eigenvalue weighted by Crippen LogP contribution is 2.36. The van der Waals surface area contributed by atoms with Crippen LogP contribution in [0.2, 0.25) is 0 Å². The maximum atomic E-state index is 13.1. The minimum Gasteiger partial charge on any atom is -0.344 e. The number of H-pyrrole nitrogens is 1. The van der Waals surface area contributed by atoms with Crippen LogP contribution in [0.25, 0.3) is 11.4 Å². The summed E-state index contributed by atoms with van der Waals surface area (Å²) < 4.78 is 1.87. The Balaban J connectivity index is 1.41. The van der Waals surface area contributed by atoms with Crippen LogP contribution < -0.4 is 5.56 Å². The number of hydrogen-bond donors (Lipinski definition) is 1. The number of nitrogens with one attached hydrogen (secondary N) is 1. The molecule has 2 aliphatic rings. The molecule has 2 aliphatic heterocycles. The lowest BCUT2D eigenvalue weighted by atomic mass is 9.82. The van der Waals surface area contributed by atoms with E-state index in [1.54, 1.807) is 24.8 Å². The number of nitrogens with zero attached hydrogens (tertiary/aromatic N) is 5. The van der Waals surface area contributed by atoms with Gasteiger partial charge in [-0.15, -0.1) is 0 Å². The van der Waals surface area contributed by atoms with Crippen LogP contribution in [0.4, 0.5) is 0 Å². The van der Waals surface area contributed by atoms with Gasteiger partial charge in [0.15, 0.2) is 0 Å². The third-order valence-electron chi connectivity index (χ3n) is 6.08. The van der Waals surface area contributed by atoms with Crippen molar-refractivity contribution in [2.75, 3.05) is 13.1 Å². The van der Waals surface area contributed by atoms with Gasteiger partial charge < -0.3 is 14.5 Å². The Bertz CT molecular complexity index is 1130. The van der Waals surface area contributed by atoms with E-state index < -0.39 is 0 Å². The number of fused-ring (bicyclic) bond motifs is 4. The smallest absolute Gasteiger partial charge is 0.261 e. The Morgan fingerprint density at radius 3 is 2.63 bits per heavy atom. The van der Waals surface area contributed by atoms with E-state index in [1.165, 1.54) is 0 Å². The second kappa shape index (κ2) is 7.19. The topological polar surface area (TPSA) is 96.8 Å². The molecule has 1 N–H and O–H groups in total. The lowest BCUT2D eigenvalue weighted by molar-refractivity contribution is 0.0593. The minimum atomic E-state index is -0.0389. The molecule has 30 heavy (non-hydrogen) atoms. The van der Waals surface area contributed by atoms with Crippen LogP contribution in [0.3, 0.4) is 0 Å². The van der Waals surface area contributed by atoms with E-state index >= 15 is 0 Å². The van der Waals surface area contributed by atoms with Gasteiger partial charge in [-0.3, -0.25) is 9.59 Å². The van der Waals surface area contributed by atoms with Crippen LogP contribution in [0.5, 0.6) is 0 Å². The predicted molar refractivity (Wildman–Crippen MR) is 111 cm³/mol. The second-order valence-electron chi connectivity index (χ2n) is 8.52. The van der Waals surface area contributed by atoms with E-state index in [4.69, 9.17) is 0 Å². The molecule has 1 saturated heterocycles. The summed E-state index contributed by atoms with van der Waals surface area (Å²) in [5.41, 5.74) is 2.08. The fraction of sp³-hybridized carbons (Fsp3) is 0.409. The molecule has 1 fully saturated rings. The molecule has 5 heterocycles. The number of piperidine rings is 1. The van der Waals surface area contributed by atoms with Crippen LogP contribution in [-0.2, 0) is 6.54 Å². The highest BCUT2D eigenvalue weighted by atomic mass is 16.2. The molecule has 3 aromatic rings. The fourth-order valence-corrected chi connectivity index (χ4v) is 4.63. The van der Waals surface area contributed by atoms with Gasteiger partial charge in [-0.25, -0.2) is 15.0 Å². The Hall–Kier alpha value is -3.29. The van der Waals surface area contributed by atoms with Crippen LogP contribution in [0.1, 0.15) is 54.0 Å². The zero-order chi connectivity index (χ0) is 20.8. The number of imidazole rings is 1. The molecule has 154 valence electrons. The summed E-state index contributed by atoms with van der Waals surface area (Å²) in [5, 5.41) is 0. The first-order valence-corrected chi connectivity index (χ1v) is 10.4. The van der Waals surface area contributed by atoms with Crippen molar-refractivity contribution in [2.45, 2.75) is 38.6 Å². The monoisotopic (exact) mass is 404 g/mol. The number of amides is 1. The molecule has 3 aromatic heterocycles. The zero-order valence-corrected chi connectivity index (χ0v) is 17.1. The van der Waals surface area contributed by atoms with E-state index in [9.17, 15) is 9.59 Å². The first-order valence-electron chi connectivity index (χ1n) is 10.4. The maximum absolute atomic E-state index is 13.1. The number of hydrogen-bond acceptors (Lipinski definition) is 5. The van der Waals surface area contributed by atoms with Crippen molar-refractivity contribution >= 4 is 5.91 Å². The van der Waals surface area contributed by atoms with Gasteiger partial charge in [-0.2, -0.15) is 0 Å². The van der Waals surface area contributed by atoms with E-state index in [1.807, 2.05) is 35.4 Å². The maximum Gasteiger partial charge on any atom is 0.261 e. The summed E-state index contributed by atoms with van der Waals surface area (Å²) in [6.07, 6.45) is 7.61. The van der Waals surface area contributed by atoms with Crippen LogP contribution in [-0.4, -0.2) is 48.4 Å². The summed E-state index contributed by atoms with van der Waals surface area (Å²) in [6.45, 7) is 5.91. The van der Waals surface area contributed by atoms with Crippen molar-refractivity contribution in [3.8, 4) is 11.4 Å². The molecule has 8 heteroatoms. The Labute approximate surface area is 174 Å². The van der Waals surface area contributed by atoms with Crippen molar-refractivity contribution < 1.29 is 4.79 Å². The standard InChI is InChI=1S/C22H24N6O2/c1-13(2)19-25-8-16(9-26-19)21(29)27-10-14-7-15(12-27)18-4-3-17(20-23-5-6-24-20)22(30)28(18)11-14/h3-6,8-9,13-15H,7,10-12H2,1-2H3,(H,23,24)/t14-,15+/m0/s1. The van der Waals surface area contributed by atoms with Crippen molar-refractivity contribution in [1.82, 2.24) is 29.4 Å². The van der Waals surface area contributed by atoms with Gasteiger partial charge in [0.05, 0.1) is 11.1 Å². The number of rotatable bonds is 3. The Morgan fingerprint density at radius 1 is 1.13 bits per heavy atom. The highest BCUT2D eigenvalue weighted by molar-refractivity contribution is 5.93. The molecule has 0 aliphatic carbocycles. The molecule has 5 rings (SSSR count). The summed E-state index contributed by atoms with van der Waals surface area (Å²) in [7, 11) is 0. The third-order valence-corrected chi connectivity index (χ3v) is 6.08. The Kier molecular flexibility index (Phi) is 4.49. The number of pyridine rings is 1. The van der Waals surface area contributed by atoms with Gasteiger partial charge in [0.2, 0.25) is 0 Å². The molecule has 0 saturated carbocycles. The second-order valence-corrected chi connectivity index (χ2v) is 8.52. The van der Waals surface area contributed by atoms with Crippen LogP contribution >= 0.6 is 0 Å². The molecule has 0 aromatic carbocycles. The summed E-state index contributed by atoms with van der Waals surface area (Å²) >= 11 is 0. The Morgan fingerprint density at radius 2 is 1.93 bits per heavy atom. The predicted octanol–water partition coefficient (Wildman–Crippen LogP) is 2.41. The van der Waals surface area contributed by atoms with E-state index in [0.29, 0.717) is 36.6 Å². The van der Waals surface area contributed by atoms with E-state index in [-0.39, 0.29) is 29.2 Å². The van der Waals surface area contributed by atoms with Gasteiger partial charge in [0.1, 0.15) is 11.6 Å². The summed E-state index contributed by atoms with van der Waals surface area (Å²) in [6, 6.07) is 3.85. The van der Waals surface area contributed by atoms with Gasteiger partial charge in [0, 0.05) is 62.0 Å². The molecule has 2 bridgehead atoms. The average molecular weight is 404 g/mol. The lowest BCUT2D eigenvalue weighted by Gasteiger charge is -2.42. The number of aromatic amines is 1. The molecular formula is C22H24N6O2. The van der Waals surface area contributed by atoms with E-state index in [2.05, 4.69) is 19.9 Å². The average Bonchev–Trinajstić information content (AvgIpc) is 3.28. The largest absolute Gasteiger partial charge is 0.344 e. The number of aromatic nitrogens is 5. The fourth-order valence-electron chi connectivity index (χ4n) is 4.63. The SMILES string of the molecule is CC(C)c1ncc(C(=O)N2C[C@@H]3C[C@H](C2)c2ccc(-c4ncc[nH]4)c(=O)n2C3)cn1. The zero-order valence-electron chi connectivity index (χ0n) is 17.1. The summed E-state index contributed by atoms with van der Waals surface area (Å²) in [5.74, 6) is 1.92. The van der Waals surface area contributed by atoms with E-state index in [0.717, 1.165) is 17.9 Å². The lowest BCUT2D eigenvalue weighted by Crippen LogP contribution is -2.49. The van der Waals surface area contributed by atoms with Crippen LogP contribution in [0, 0.1) is 5.92 Å². The van der Waals surface area contributed by atoms with Gasteiger partial charge in [-0.05, 0) is 24.5 Å². The number of likely N-dealkylation sites (tertiary alicyclic amines) is 1. The first kappa shape index (κ1) is 18.7. The number of carbonyl (C=O) groups is 1. The van der Waals surface area contributed by atoms with Gasteiger partial charge >= 0.3 is 0 Å². The quantitative estimate of drug-likeness (QED) is 0.723. The molecule has 0 radical (unpaired) electrons. The normalized spacial score (nSPS) is 20.3. The molecule has 0 unspecified atom stereocenters. The van der Waals surface area contributed by atoms with Gasteiger partial charge in [0.25, 0.3) is 11.5 Å². The van der Waals surface area contributed by atoms with Crippen molar-refractivity contribution in [3.05, 3.63) is 64.4 Å². The molecule has 8 nitrogen and oxygen atoms in total. The highest BCUT2D eigenvalue weighted by Gasteiger charge is 2.37.